The predicted octanol–water partition coefficient (Wildman–Crippen LogP) is 3.85. The molecule has 5 heteroatoms. The predicted molar refractivity (Wildman–Crippen MR) is 93.6 cm³/mol. The molecule has 0 atom stereocenters. The Morgan fingerprint density at radius 1 is 1.13 bits per heavy atom. The minimum atomic E-state index is -0.0915. The Bertz CT molecular complexity index is 870. The molecule has 0 saturated heterocycles. The number of hydrogen-bond acceptors (Lipinski definition) is 4. The quantitative estimate of drug-likeness (QED) is 0.796. The lowest BCUT2D eigenvalue weighted by Crippen LogP contribution is -2.17. The largest absolute Gasteiger partial charge is 0.355 e. The first-order chi connectivity index (χ1) is 11.1. The van der Waals surface area contributed by atoms with Gasteiger partial charge in [-0.05, 0) is 43.2 Å². The summed E-state index contributed by atoms with van der Waals surface area (Å²) in [6.07, 6.45) is 3.62. The summed E-state index contributed by atoms with van der Waals surface area (Å²) in [5.41, 5.74) is 5.83. The molecule has 23 heavy (non-hydrogen) atoms. The Kier molecular flexibility index (Phi) is 4.21. The summed E-state index contributed by atoms with van der Waals surface area (Å²) in [7, 11) is 1.63. The molecule has 1 aromatic carbocycles. The van der Waals surface area contributed by atoms with Gasteiger partial charge in [0.2, 0.25) is 0 Å². The van der Waals surface area contributed by atoms with E-state index in [0.717, 1.165) is 33.0 Å². The third kappa shape index (κ3) is 3.00. The van der Waals surface area contributed by atoms with Crippen LogP contribution in [0, 0.1) is 13.8 Å². The van der Waals surface area contributed by atoms with Gasteiger partial charge in [-0.3, -0.25) is 9.78 Å². The van der Waals surface area contributed by atoms with Crippen LogP contribution in [0.15, 0.2) is 42.0 Å². The molecule has 0 fully saturated rings. The van der Waals surface area contributed by atoms with Crippen molar-refractivity contribution in [2.75, 3.05) is 7.05 Å². The van der Waals surface area contributed by atoms with Crippen LogP contribution >= 0.6 is 11.3 Å². The molecule has 0 unspecified atom stereocenters. The van der Waals surface area contributed by atoms with Gasteiger partial charge in [-0.1, -0.05) is 6.07 Å². The molecular weight excluding hydrogens is 306 g/mol. The van der Waals surface area contributed by atoms with Crippen LogP contribution in [0.3, 0.4) is 0 Å². The van der Waals surface area contributed by atoms with E-state index in [9.17, 15) is 4.79 Å². The molecule has 0 bridgehead atoms. The molecule has 0 aliphatic carbocycles. The van der Waals surface area contributed by atoms with E-state index in [4.69, 9.17) is 4.98 Å². The minimum absolute atomic E-state index is 0.0915. The molecule has 1 N–H and O–H groups in total. The third-order valence-electron chi connectivity index (χ3n) is 3.78. The van der Waals surface area contributed by atoms with Crippen molar-refractivity contribution in [3.05, 3.63) is 58.7 Å². The molecule has 2 aromatic heterocycles. The van der Waals surface area contributed by atoms with Crippen LogP contribution in [0.25, 0.3) is 21.8 Å². The summed E-state index contributed by atoms with van der Waals surface area (Å²) in [6.45, 7) is 4.08. The third-order valence-corrected chi connectivity index (χ3v) is 4.65. The van der Waals surface area contributed by atoms with E-state index < -0.39 is 0 Å². The second-order valence-corrected chi connectivity index (χ2v) is 6.20. The minimum Gasteiger partial charge on any atom is -0.355 e. The van der Waals surface area contributed by atoms with Gasteiger partial charge in [-0.2, -0.15) is 0 Å². The maximum Gasteiger partial charge on any atom is 0.251 e. The van der Waals surface area contributed by atoms with Gasteiger partial charge in [0.05, 0.1) is 5.69 Å². The number of pyridine rings is 1. The smallest absolute Gasteiger partial charge is 0.251 e. The van der Waals surface area contributed by atoms with Crippen molar-refractivity contribution >= 4 is 17.2 Å². The normalized spacial score (nSPS) is 10.6. The molecule has 0 saturated carbocycles. The number of rotatable bonds is 3. The number of aromatic nitrogens is 2. The molecule has 2 heterocycles. The molecule has 3 rings (SSSR count). The highest BCUT2D eigenvalue weighted by Gasteiger charge is 2.13. The van der Waals surface area contributed by atoms with Crippen molar-refractivity contribution < 1.29 is 4.79 Å². The highest BCUT2D eigenvalue weighted by molar-refractivity contribution is 7.13. The number of aryl methyl sites for hydroxylation is 2. The van der Waals surface area contributed by atoms with E-state index in [0.29, 0.717) is 5.56 Å². The van der Waals surface area contributed by atoms with Gasteiger partial charge >= 0.3 is 0 Å². The van der Waals surface area contributed by atoms with Crippen molar-refractivity contribution in [1.29, 1.82) is 0 Å². The second kappa shape index (κ2) is 6.30. The summed E-state index contributed by atoms with van der Waals surface area (Å²) < 4.78 is 0. The number of benzene rings is 1. The molecule has 1 amide bonds. The van der Waals surface area contributed by atoms with E-state index in [1.807, 2.05) is 49.7 Å². The zero-order valence-electron chi connectivity index (χ0n) is 13.3. The van der Waals surface area contributed by atoms with Crippen LogP contribution in [-0.4, -0.2) is 22.9 Å². The fraction of sp³-hybridized carbons (Fsp3) is 0.167. The monoisotopic (exact) mass is 323 g/mol. The van der Waals surface area contributed by atoms with Crippen molar-refractivity contribution in [2.24, 2.45) is 0 Å². The molecule has 0 aliphatic heterocycles. The van der Waals surface area contributed by atoms with E-state index >= 15 is 0 Å². The van der Waals surface area contributed by atoms with Crippen molar-refractivity contribution in [1.82, 2.24) is 15.3 Å². The molecule has 4 nitrogen and oxygen atoms in total. The summed E-state index contributed by atoms with van der Waals surface area (Å²) in [6, 6.07) is 7.66. The van der Waals surface area contributed by atoms with Crippen LogP contribution in [0.4, 0.5) is 0 Å². The fourth-order valence-electron chi connectivity index (χ4n) is 2.39. The number of amides is 1. The molecular formula is C18H17N3OS. The number of nitrogens with one attached hydrogen (secondary N) is 1. The van der Waals surface area contributed by atoms with Gasteiger partial charge in [0.25, 0.3) is 5.91 Å². The van der Waals surface area contributed by atoms with Crippen molar-refractivity contribution in [3.8, 4) is 21.8 Å². The number of nitrogens with zero attached hydrogens (tertiary/aromatic N) is 2. The first-order valence-electron chi connectivity index (χ1n) is 7.29. The highest BCUT2D eigenvalue weighted by Crippen LogP contribution is 2.32. The van der Waals surface area contributed by atoms with Gasteiger partial charge in [0, 0.05) is 41.5 Å². The van der Waals surface area contributed by atoms with Gasteiger partial charge in [-0.15, -0.1) is 11.3 Å². The maximum absolute atomic E-state index is 11.8. The van der Waals surface area contributed by atoms with Crippen molar-refractivity contribution in [3.63, 3.8) is 0 Å². The van der Waals surface area contributed by atoms with Gasteiger partial charge < -0.3 is 5.32 Å². The van der Waals surface area contributed by atoms with Gasteiger partial charge in [0.1, 0.15) is 5.01 Å². The summed E-state index contributed by atoms with van der Waals surface area (Å²) in [4.78, 5) is 20.8. The van der Waals surface area contributed by atoms with Gasteiger partial charge in [0.15, 0.2) is 0 Å². The Morgan fingerprint density at radius 3 is 2.65 bits per heavy atom. The summed E-state index contributed by atoms with van der Waals surface area (Å²) in [5, 5.41) is 5.60. The van der Waals surface area contributed by atoms with E-state index in [1.165, 1.54) is 0 Å². The molecule has 116 valence electrons. The Hall–Kier alpha value is -2.53. The Balaban J connectivity index is 2.04. The van der Waals surface area contributed by atoms with E-state index in [1.54, 1.807) is 24.6 Å². The maximum atomic E-state index is 11.8. The van der Waals surface area contributed by atoms with Crippen LogP contribution in [0.1, 0.15) is 21.5 Å². The molecule has 3 aromatic rings. The van der Waals surface area contributed by atoms with Crippen LogP contribution in [-0.2, 0) is 0 Å². The second-order valence-electron chi connectivity index (χ2n) is 5.34. The summed E-state index contributed by atoms with van der Waals surface area (Å²) >= 11 is 1.58. The van der Waals surface area contributed by atoms with Crippen LogP contribution < -0.4 is 5.32 Å². The van der Waals surface area contributed by atoms with Crippen LogP contribution in [0.2, 0.25) is 0 Å². The molecule has 0 radical (unpaired) electrons. The van der Waals surface area contributed by atoms with Crippen LogP contribution in [0.5, 0.6) is 0 Å². The zero-order chi connectivity index (χ0) is 16.4. The van der Waals surface area contributed by atoms with E-state index in [2.05, 4.69) is 10.3 Å². The Labute approximate surface area is 139 Å². The lowest BCUT2D eigenvalue weighted by molar-refractivity contribution is 0.0963. The van der Waals surface area contributed by atoms with Crippen molar-refractivity contribution in [2.45, 2.75) is 13.8 Å². The first-order valence-corrected chi connectivity index (χ1v) is 8.17. The fourth-order valence-corrected chi connectivity index (χ4v) is 3.29. The average Bonchev–Trinajstić information content (AvgIpc) is 3.04. The Morgan fingerprint density at radius 2 is 1.91 bits per heavy atom. The van der Waals surface area contributed by atoms with E-state index in [-0.39, 0.29) is 5.91 Å². The first kappa shape index (κ1) is 15.4. The topological polar surface area (TPSA) is 54.9 Å². The number of hydrogen-bond donors (Lipinski definition) is 1. The standard InChI is InChI=1S/C18H17N3OS/c1-11-4-5-13(17(22)19-3)8-14(11)18-21-16(10-23-18)15-9-20-7-6-12(15)2/h4-10H,1-3H3,(H,19,22). The van der Waals surface area contributed by atoms with Gasteiger partial charge in [-0.25, -0.2) is 4.98 Å². The SMILES string of the molecule is CNC(=O)c1ccc(C)c(-c2nc(-c3cnccc3C)cs2)c1. The molecule has 0 spiro atoms. The molecule has 0 aliphatic rings. The zero-order valence-corrected chi connectivity index (χ0v) is 14.1. The lowest BCUT2D eigenvalue weighted by Gasteiger charge is -2.06. The number of carbonyl (C=O) groups is 1. The number of thiazole rings is 1. The average molecular weight is 323 g/mol. The summed E-state index contributed by atoms with van der Waals surface area (Å²) in [5.74, 6) is -0.0915. The highest BCUT2D eigenvalue weighted by atomic mass is 32.1. The number of carbonyl (C=O) groups excluding carboxylic acids is 1. The lowest BCUT2D eigenvalue weighted by atomic mass is 10.0.